The van der Waals surface area contributed by atoms with Gasteiger partial charge in [0, 0.05) is 4.47 Å². The van der Waals surface area contributed by atoms with Crippen LogP contribution in [0.3, 0.4) is 0 Å². The SMILES string of the molecule is CC.CC(C(=O)O)c1ccc(Br)cc1. The fraction of sp³-hybridized carbons (Fsp3) is 0.364. The lowest BCUT2D eigenvalue weighted by Gasteiger charge is -2.05. The van der Waals surface area contributed by atoms with E-state index in [0.717, 1.165) is 10.0 Å². The quantitative estimate of drug-likeness (QED) is 0.879. The van der Waals surface area contributed by atoms with Crippen molar-refractivity contribution in [3.63, 3.8) is 0 Å². The molecule has 1 unspecified atom stereocenters. The van der Waals surface area contributed by atoms with Crippen LogP contribution in [0.15, 0.2) is 28.7 Å². The predicted molar refractivity (Wildman–Crippen MR) is 61.5 cm³/mol. The van der Waals surface area contributed by atoms with Gasteiger partial charge in [-0.1, -0.05) is 41.9 Å². The van der Waals surface area contributed by atoms with E-state index in [1.165, 1.54) is 0 Å². The van der Waals surface area contributed by atoms with Crippen LogP contribution in [-0.4, -0.2) is 11.1 Å². The molecule has 0 aliphatic rings. The molecule has 78 valence electrons. The Morgan fingerprint density at radius 3 is 2.07 bits per heavy atom. The summed E-state index contributed by atoms with van der Waals surface area (Å²) < 4.78 is 0.962. The van der Waals surface area contributed by atoms with E-state index >= 15 is 0 Å². The van der Waals surface area contributed by atoms with Crippen LogP contribution in [0.1, 0.15) is 32.3 Å². The molecule has 1 rings (SSSR count). The maximum absolute atomic E-state index is 10.6. The van der Waals surface area contributed by atoms with Gasteiger partial charge in [-0.25, -0.2) is 0 Å². The maximum Gasteiger partial charge on any atom is 0.310 e. The van der Waals surface area contributed by atoms with Gasteiger partial charge >= 0.3 is 5.97 Å². The van der Waals surface area contributed by atoms with E-state index in [4.69, 9.17) is 5.11 Å². The average Bonchev–Trinajstić information content (AvgIpc) is 2.21. The minimum absolute atomic E-state index is 0.432. The number of carbonyl (C=O) groups is 1. The maximum atomic E-state index is 10.6. The molecule has 1 N–H and O–H groups in total. The molecule has 0 saturated heterocycles. The highest BCUT2D eigenvalue weighted by molar-refractivity contribution is 9.10. The number of hydrogen-bond donors (Lipinski definition) is 1. The molecule has 0 aliphatic heterocycles. The fourth-order valence-electron chi connectivity index (χ4n) is 0.894. The molecule has 0 heterocycles. The lowest BCUT2D eigenvalue weighted by Crippen LogP contribution is -2.06. The number of carboxylic acids is 1. The van der Waals surface area contributed by atoms with E-state index in [1.54, 1.807) is 6.92 Å². The Hall–Kier alpha value is -0.830. The third kappa shape index (κ3) is 3.92. The topological polar surface area (TPSA) is 37.3 Å². The molecule has 0 aliphatic carbocycles. The van der Waals surface area contributed by atoms with E-state index in [2.05, 4.69) is 15.9 Å². The number of aliphatic carboxylic acids is 1. The molecule has 14 heavy (non-hydrogen) atoms. The smallest absolute Gasteiger partial charge is 0.310 e. The van der Waals surface area contributed by atoms with Gasteiger partial charge in [0.1, 0.15) is 0 Å². The summed E-state index contributed by atoms with van der Waals surface area (Å²) >= 11 is 3.28. The molecular weight excluding hydrogens is 244 g/mol. The van der Waals surface area contributed by atoms with Gasteiger partial charge in [0.2, 0.25) is 0 Å². The first-order valence-corrected chi connectivity index (χ1v) is 5.39. The molecule has 0 saturated carbocycles. The molecule has 0 aromatic heterocycles. The lowest BCUT2D eigenvalue weighted by molar-refractivity contribution is -0.138. The fourth-order valence-corrected chi connectivity index (χ4v) is 1.16. The second kappa shape index (κ2) is 6.60. The van der Waals surface area contributed by atoms with Gasteiger partial charge in [0.05, 0.1) is 5.92 Å². The third-order valence-corrected chi connectivity index (χ3v) is 2.27. The number of halogens is 1. The van der Waals surface area contributed by atoms with E-state index in [0.29, 0.717) is 0 Å². The summed E-state index contributed by atoms with van der Waals surface area (Å²) in [5, 5.41) is 8.69. The van der Waals surface area contributed by atoms with Gasteiger partial charge in [0.15, 0.2) is 0 Å². The summed E-state index contributed by atoms with van der Waals surface area (Å²) in [5.74, 6) is -1.23. The first-order valence-electron chi connectivity index (χ1n) is 4.59. The van der Waals surface area contributed by atoms with Crippen LogP contribution >= 0.6 is 15.9 Å². The second-order valence-corrected chi connectivity index (χ2v) is 3.53. The van der Waals surface area contributed by atoms with Crippen molar-refractivity contribution >= 4 is 21.9 Å². The number of carboxylic acid groups (broad SMARTS) is 1. The van der Waals surface area contributed by atoms with Crippen molar-refractivity contribution in [2.75, 3.05) is 0 Å². The van der Waals surface area contributed by atoms with Crippen LogP contribution in [-0.2, 0) is 4.79 Å². The number of rotatable bonds is 2. The van der Waals surface area contributed by atoms with Gasteiger partial charge < -0.3 is 5.11 Å². The van der Waals surface area contributed by atoms with Gasteiger partial charge in [-0.15, -0.1) is 0 Å². The Morgan fingerprint density at radius 2 is 1.71 bits per heavy atom. The minimum atomic E-state index is -0.794. The molecule has 1 atom stereocenters. The van der Waals surface area contributed by atoms with Gasteiger partial charge in [-0.3, -0.25) is 4.79 Å². The van der Waals surface area contributed by atoms with Crippen LogP contribution in [0.25, 0.3) is 0 Å². The lowest BCUT2D eigenvalue weighted by atomic mass is 10.0. The summed E-state index contributed by atoms with van der Waals surface area (Å²) in [6.07, 6.45) is 0. The Balaban J connectivity index is 0.000000791. The molecule has 0 fully saturated rings. The Kier molecular flexibility index (Phi) is 6.21. The molecule has 0 radical (unpaired) electrons. The van der Waals surface area contributed by atoms with Crippen molar-refractivity contribution in [1.82, 2.24) is 0 Å². The summed E-state index contributed by atoms with van der Waals surface area (Å²) in [6, 6.07) is 7.30. The Morgan fingerprint density at radius 1 is 1.29 bits per heavy atom. The Labute approximate surface area is 93.1 Å². The summed E-state index contributed by atoms with van der Waals surface area (Å²) in [6.45, 7) is 5.67. The van der Waals surface area contributed by atoms with Crippen LogP contribution in [0.4, 0.5) is 0 Å². The first kappa shape index (κ1) is 13.2. The average molecular weight is 259 g/mol. The zero-order valence-electron chi connectivity index (χ0n) is 8.62. The number of benzene rings is 1. The largest absolute Gasteiger partial charge is 0.481 e. The molecular formula is C11H15BrO2. The first-order chi connectivity index (χ1) is 6.61. The zero-order valence-corrected chi connectivity index (χ0v) is 10.2. The molecule has 3 heteroatoms. The third-order valence-electron chi connectivity index (χ3n) is 1.74. The highest BCUT2D eigenvalue weighted by Crippen LogP contribution is 2.18. The zero-order chi connectivity index (χ0) is 11.1. The van der Waals surface area contributed by atoms with Crippen LogP contribution in [0.2, 0.25) is 0 Å². The standard InChI is InChI=1S/C9H9BrO2.C2H6/c1-6(9(11)12)7-2-4-8(10)5-3-7;1-2/h2-6H,1H3,(H,11,12);1-2H3. The van der Waals surface area contributed by atoms with Crippen molar-refractivity contribution in [1.29, 1.82) is 0 Å². The van der Waals surface area contributed by atoms with Crippen molar-refractivity contribution in [2.45, 2.75) is 26.7 Å². The molecule has 2 nitrogen and oxygen atoms in total. The summed E-state index contributed by atoms with van der Waals surface area (Å²) in [5.41, 5.74) is 0.825. The van der Waals surface area contributed by atoms with Gasteiger partial charge in [-0.05, 0) is 24.6 Å². The molecule has 0 spiro atoms. The van der Waals surface area contributed by atoms with E-state index in [1.807, 2.05) is 38.1 Å². The monoisotopic (exact) mass is 258 g/mol. The Bertz CT molecular complexity index is 280. The van der Waals surface area contributed by atoms with Crippen LogP contribution in [0.5, 0.6) is 0 Å². The molecule has 1 aromatic rings. The van der Waals surface area contributed by atoms with Crippen molar-refractivity contribution < 1.29 is 9.90 Å². The normalized spacial score (nSPS) is 11.1. The van der Waals surface area contributed by atoms with Crippen molar-refractivity contribution in [3.05, 3.63) is 34.3 Å². The molecule has 0 amide bonds. The van der Waals surface area contributed by atoms with E-state index in [9.17, 15) is 4.79 Å². The summed E-state index contributed by atoms with van der Waals surface area (Å²) in [4.78, 5) is 10.6. The highest BCUT2D eigenvalue weighted by Gasteiger charge is 2.12. The number of hydrogen-bond acceptors (Lipinski definition) is 1. The molecule has 1 aromatic carbocycles. The second-order valence-electron chi connectivity index (χ2n) is 2.61. The molecule has 0 bridgehead atoms. The van der Waals surface area contributed by atoms with E-state index < -0.39 is 11.9 Å². The minimum Gasteiger partial charge on any atom is -0.481 e. The van der Waals surface area contributed by atoms with Crippen LogP contribution in [0, 0.1) is 0 Å². The van der Waals surface area contributed by atoms with Gasteiger partial charge in [0.25, 0.3) is 0 Å². The van der Waals surface area contributed by atoms with Crippen LogP contribution < -0.4 is 0 Å². The predicted octanol–water partition coefficient (Wildman–Crippen LogP) is 3.66. The van der Waals surface area contributed by atoms with Crippen molar-refractivity contribution in [3.8, 4) is 0 Å². The summed E-state index contributed by atoms with van der Waals surface area (Å²) in [7, 11) is 0. The van der Waals surface area contributed by atoms with Crippen molar-refractivity contribution in [2.24, 2.45) is 0 Å². The van der Waals surface area contributed by atoms with E-state index in [-0.39, 0.29) is 0 Å². The highest BCUT2D eigenvalue weighted by atomic mass is 79.9. The van der Waals surface area contributed by atoms with Gasteiger partial charge in [-0.2, -0.15) is 0 Å².